The molecule has 1 aromatic heterocycles. The molecule has 0 fully saturated rings. The first kappa shape index (κ1) is 14.9. The van der Waals surface area contributed by atoms with E-state index in [1.165, 1.54) is 0 Å². The fourth-order valence-corrected chi connectivity index (χ4v) is 1.84. The fraction of sp³-hybridized carbons (Fsp3) is 0.333. The Hall–Kier alpha value is -1.49. The zero-order valence-electron chi connectivity index (χ0n) is 11.1. The summed E-state index contributed by atoms with van der Waals surface area (Å²) in [6.07, 6.45) is 1.91. The molecule has 1 aromatic carbocycles. The standard InChI is InChI=1S/C15H18ClNO3/c16-12-3-5-15(6-4-12)20-11-13(18)10-17-8-7-14-2-1-9-19-14/h1-6,9,13,17-18H,7-8,10-11H2. The third-order valence-electron chi connectivity index (χ3n) is 2.76. The van der Waals surface area contributed by atoms with Gasteiger partial charge in [-0.15, -0.1) is 0 Å². The van der Waals surface area contributed by atoms with Gasteiger partial charge < -0.3 is 19.6 Å². The van der Waals surface area contributed by atoms with Gasteiger partial charge >= 0.3 is 0 Å². The van der Waals surface area contributed by atoms with Crippen LogP contribution in [0.1, 0.15) is 5.76 Å². The molecule has 0 aliphatic rings. The van der Waals surface area contributed by atoms with Gasteiger partial charge in [-0.1, -0.05) is 11.6 Å². The summed E-state index contributed by atoms with van der Waals surface area (Å²) < 4.78 is 10.7. The molecule has 0 bridgehead atoms. The molecule has 0 spiro atoms. The van der Waals surface area contributed by atoms with E-state index in [0.29, 0.717) is 17.3 Å². The molecule has 2 aromatic rings. The molecule has 1 atom stereocenters. The summed E-state index contributed by atoms with van der Waals surface area (Å²) in [7, 11) is 0. The van der Waals surface area contributed by atoms with Crippen molar-refractivity contribution in [2.24, 2.45) is 0 Å². The second-order valence-corrected chi connectivity index (χ2v) is 4.89. The maximum Gasteiger partial charge on any atom is 0.119 e. The van der Waals surface area contributed by atoms with Gasteiger partial charge in [0.2, 0.25) is 0 Å². The van der Waals surface area contributed by atoms with E-state index in [0.717, 1.165) is 18.7 Å². The molecule has 0 amide bonds. The third kappa shape index (κ3) is 5.25. The molecule has 4 nitrogen and oxygen atoms in total. The lowest BCUT2D eigenvalue weighted by Crippen LogP contribution is -2.32. The molecular formula is C15H18ClNO3. The van der Waals surface area contributed by atoms with E-state index < -0.39 is 6.10 Å². The number of aliphatic hydroxyl groups excluding tert-OH is 1. The van der Waals surface area contributed by atoms with Crippen LogP contribution >= 0.6 is 11.6 Å². The Labute approximate surface area is 123 Å². The van der Waals surface area contributed by atoms with Crippen LogP contribution in [0.4, 0.5) is 0 Å². The second kappa shape index (κ2) is 7.94. The van der Waals surface area contributed by atoms with E-state index >= 15 is 0 Å². The van der Waals surface area contributed by atoms with Crippen LogP contribution in [0.25, 0.3) is 0 Å². The molecule has 0 radical (unpaired) electrons. The summed E-state index contributed by atoms with van der Waals surface area (Å²) in [6, 6.07) is 10.9. The molecule has 1 heterocycles. The quantitative estimate of drug-likeness (QED) is 0.735. The van der Waals surface area contributed by atoms with E-state index in [1.807, 2.05) is 12.1 Å². The molecule has 2 rings (SSSR count). The van der Waals surface area contributed by atoms with Crippen LogP contribution in [0.15, 0.2) is 47.1 Å². The van der Waals surface area contributed by atoms with E-state index in [9.17, 15) is 5.11 Å². The van der Waals surface area contributed by atoms with Crippen LogP contribution in [-0.4, -0.2) is 30.9 Å². The highest BCUT2D eigenvalue weighted by Crippen LogP contribution is 2.15. The Bertz CT molecular complexity index is 484. The normalized spacial score (nSPS) is 12.3. The number of ether oxygens (including phenoxy) is 1. The summed E-state index contributed by atoms with van der Waals surface area (Å²) >= 11 is 5.78. The topological polar surface area (TPSA) is 54.6 Å². The van der Waals surface area contributed by atoms with Crippen molar-refractivity contribution in [2.75, 3.05) is 19.7 Å². The summed E-state index contributed by atoms with van der Waals surface area (Å²) in [4.78, 5) is 0. The first-order valence-electron chi connectivity index (χ1n) is 6.53. The average molecular weight is 296 g/mol. The van der Waals surface area contributed by atoms with Crippen LogP contribution in [-0.2, 0) is 6.42 Å². The summed E-state index contributed by atoms with van der Waals surface area (Å²) in [5, 5.41) is 13.6. The Morgan fingerprint density at radius 2 is 2.05 bits per heavy atom. The van der Waals surface area contributed by atoms with Gasteiger partial charge in [-0.3, -0.25) is 0 Å². The predicted octanol–water partition coefficient (Wildman–Crippen LogP) is 2.50. The minimum absolute atomic E-state index is 0.245. The number of hydrogen-bond acceptors (Lipinski definition) is 4. The predicted molar refractivity (Wildman–Crippen MR) is 78.2 cm³/mol. The monoisotopic (exact) mass is 295 g/mol. The maximum absolute atomic E-state index is 9.79. The molecule has 5 heteroatoms. The first-order chi connectivity index (χ1) is 9.74. The molecular weight excluding hydrogens is 278 g/mol. The maximum atomic E-state index is 9.79. The van der Waals surface area contributed by atoms with Gasteiger partial charge in [-0.05, 0) is 36.4 Å². The number of furan rings is 1. The highest BCUT2D eigenvalue weighted by Gasteiger charge is 2.05. The molecule has 0 aliphatic carbocycles. The Morgan fingerprint density at radius 1 is 1.25 bits per heavy atom. The van der Waals surface area contributed by atoms with E-state index in [-0.39, 0.29) is 6.61 Å². The molecule has 0 saturated heterocycles. The average Bonchev–Trinajstić information content (AvgIpc) is 2.96. The number of aliphatic hydroxyl groups is 1. The van der Waals surface area contributed by atoms with Crippen molar-refractivity contribution in [1.82, 2.24) is 5.32 Å². The van der Waals surface area contributed by atoms with Crippen LogP contribution < -0.4 is 10.1 Å². The highest BCUT2D eigenvalue weighted by molar-refractivity contribution is 6.30. The van der Waals surface area contributed by atoms with Gasteiger partial charge in [0.25, 0.3) is 0 Å². The van der Waals surface area contributed by atoms with Crippen molar-refractivity contribution in [3.8, 4) is 5.75 Å². The molecule has 0 aliphatic heterocycles. The Morgan fingerprint density at radius 3 is 2.75 bits per heavy atom. The zero-order chi connectivity index (χ0) is 14.2. The zero-order valence-corrected chi connectivity index (χ0v) is 11.8. The van der Waals surface area contributed by atoms with Crippen molar-refractivity contribution in [1.29, 1.82) is 0 Å². The number of hydrogen-bond donors (Lipinski definition) is 2. The van der Waals surface area contributed by atoms with E-state index in [1.54, 1.807) is 30.5 Å². The van der Waals surface area contributed by atoms with Crippen LogP contribution in [0.5, 0.6) is 5.75 Å². The largest absolute Gasteiger partial charge is 0.491 e. The minimum atomic E-state index is -0.553. The summed E-state index contributed by atoms with van der Waals surface area (Å²) in [6.45, 7) is 1.48. The summed E-state index contributed by atoms with van der Waals surface area (Å²) in [5.41, 5.74) is 0. The van der Waals surface area contributed by atoms with Gasteiger partial charge in [0.1, 0.15) is 24.2 Å². The first-order valence-corrected chi connectivity index (χ1v) is 6.91. The van der Waals surface area contributed by atoms with Crippen molar-refractivity contribution in [3.05, 3.63) is 53.4 Å². The number of halogens is 1. The van der Waals surface area contributed by atoms with E-state index in [4.69, 9.17) is 20.8 Å². The fourth-order valence-electron chi connectivity index (χ4n) is 1.72. The number of nitrogens with one attached hydrogen (secondary N) is 1. The van der Waals surface area contributed by atoms with Gasteiger partial charge in [0, 0.05) is 24.5 Å². The number of benzene rings is 1. The molecule has 20 heavy (non-hydrogen) atoms. The molecule has 2 N–H and O–H groups in total. The van der Waals surface area contributed by atoms with Gasteiger partial charge in [-0.2, -0.15) is 0 Å². The number of rotatable bonds is 8. The smallest absolute Gasteiger partial charge is 0.119 e. The van der Waals surface area contributed by atoms with Crippen molar-refractivity contribution >= 4 is 11.6 Å². The van der Waals surface area contributed by atoms with Crippen molar-refractivity contribution in [3.63, 3.8) is 0 Å². The lowest BCUT2D eigenvalue weighted by molar-refractivity contribution is 0.106. The lowest BCUT2D eigenvalue weighted by atomic mass is 10.3. The van der Waals surface area contributed by atoms with Crippen LogP contribution in [0.2, 0.25) is 5.02 Å². The molecule has 0 saturated carbocycles. The van der Waals surface area contributed by atoms with Gasteiger partial charge in [-0.25, -0.2) is 0 Å². The van der Waals surface area contributed by atoms with Crippen LogP contribution in [0, 0.1) is 0 Å². The molecule has 1 unspecified atom stereocenters. The second-order valence-electron chi connectivity index (χ2n) is 4.45. The third-order valence-corrected chi connectivity index (χ3v) is 3.02. The van der Waals surface area contributed by atoms with Gasteiger partial charge in [0.15, 0.2) is 0 Å². The van der Waals surface area contributed by atoms with Crippen LogP contribution in [0.3, 0.4) is 0 Å². The molecule has 108 valence electrons. The lowest BCUT2D eigenvalue weighted by Gasteiger charge is -2.13. The SMILES string of the molecule is OC(CNCCc1ccco1)COc1ccc(Cl)cc1. The van der Waals surface area contributed by atoms with Crippen molar-refractivity contribution in [2.45, 2.75) is 12.5 Å². The summed E-state index contributed by atoms with van der Waals surface area (Å²) in [5.74, 6) is 1.63. The highest BCUT2D eigenvalue weighted by atomic mass is 35.5. The minimum Gasteiger partial charge on any atom is -0.491 e. The Balaban J connectivity index is 1.58. The van der Waals surface area contributed by atoms with E-state index in [2.05, 4.69) is 5.32 Å². The Kier molecular flexibility index (Phi) is 5.92. The van der Waals surface area contributed by atoms with Crippen molar-refractivity contribution < 1.29 is 14.3 Å². The van der Waals surface area contributed by atoms with Gasteiger partial charge in [0.05, 0.1) is 6.26 Å².